The van der Waals surface area contributed by atoms with E-state index in [-0.39, 0.29) is 11.3 Å². The molecule has 0 atom stereocenters. The number of alkyl halides is 3. The quantitative estimate of drug-likeness (QED) is 0.719. The summed E-state index contributed by atoms with van der Waals surface area (Å²) >= 11 is 0. The summed E-state index contributed by atoms with van der Waals surface area (Å²) in [6.07, 6.45) is -4.63. The third kappa shape index (κ3) is 1.97. The highest BCUT2D eigenvalue weighted by Gasteiger charge is 2.35. The molecule has 2 heterocycles. The Kier molecular flexibility index (Phi) is 2.63. The molecule has 0 aliphatic rings. The van der Waals surface area contributed by atoms with Crippen molar-refractivity contribution in [3.63, 3.8) is 0 Å². The van der Waals surface area contributed by atoms with Gasteiger partial charge in [-0.2, -0.15) is 13.2 Å². The van der Waals surface area contributed by atoms with Crippen LogP contribution in [0.25, 0.3) is 22.3 Å². The number of fused-ring (bicyclic) bond motifs is 1. The number of nitrogens with one attached hydrogen (secondary N) is 2. The van der Waals surface area contributed by atoms with Crippen molar-refractivity contribution < 1.29 is 13.2 Å². The van der Waals surface area contributed by atoms with Crippen LogP contribution in [0.15, 0.2) is 41.2 Å². The van der Waals surface area contributed by atoms with E-state index in [1.165, 1.54) is 0 Å². The molecule has 0 unspecified atom stereocenters. The molecule has 1 aromatic carbocycles. The molecule has 0 bridgehead atoms. The average Bonchev–Trinajstić information content (AvgIpc) is 2.79. The van der Waals surface area contributed by atoms with Gasteiger partial charge in [0.2, 0.25) is 0 Å². The Balaban J connectivity index is 2.35. The monoisotopic (exact) mass is 279 g/mol. The minimum Gasteiger partial charge on any atom is -0.281 e. The normalized spacial score (nSPS) is 11.9. The van der Waals surface area contributed by atoms with E-state index in [0.29, 0.717) is 5.56 Å². The molecule has 0 fully saturated rings. The first-order chi connectivity index (χ1) is 9.47. The average molecular weight is 279 g/mol. The van der Waals surface area contributed by atoms with Gasteiger partial charge in [-0.15, -0.1) is 0 Å². The zero-order chi connectivity index (χ0) is 14.3. The van der Waals surface area contributed by atoms with Crippen LogP contribution in [-0.4, -0.2) is 15.2 Å². The zero-order valence-electron chi connectivity index (χ0n) is 9.95. The van der Waals surface area contributed by atoms with Crippen molar-refractivity contribution in [2.24, 2.45) is 0 Å². The van der Waals surface area contributed by atoms with E-state index in [4.69, 9.17) is 0 Å². The molecule has 0 saturated heterocycles. The SMILES string of the molecule is O=c1[nH][nH]c2nc(-c3ccccc3)cc(C(F)(F)F)c12. The van der Waals surface area contributed by atoms with Gasteiger partial charge in [0.15, 0.2) is 5.65 Å². The van der Waals surface area contributed by atoms with Crippen LogP contribution >= 0.6 is 0 Å². The van der Waals surface area contributed by atoms with Crippen molar-refractivity contribution >= 4 is 11.0 Å². The van der Waals surface area contributed by atoms with Gasteiger partial charge < -0.3 is 0 Å². The Morgan fingerprint density at radius 2 is 1.75 bits per heavy atom. The lowest BCUT2D eigenvalue weighted by Crippen LogP contribution is -2.11. The topological polar surface area (TPSA) is 61.5 Å². The molecule has 3 rings (SSSR count). The molecular weight excluding hydrogens is 271 g/mol. The standard InChI is InChI=1S/C13H8F3N3O/c14-13(15,16)8-6-9(7-4-2-1-3-5-7)17-11-10(8)12(20)19-18-11/h1-6H,(H2,17,18,19,20). The summed E-state index contributed by atoms with van der Waals surface area (Å²) in [5, 5.41) is 4.01. The third-order valence-electron chi connectivity index (χ3n) is 2.92. The highest BCUT2D eigenvalue weighted by Crippen LogP contribution is 2.34. The fraction of sp³-hybridized carbons (Fsp3) is 0.0769. The summed E-state index contributed by atoms with van der Waals surface area (Å²) < 4.78 is 39.2. The minimum atomic E-state index is -4.63. The maximum absolute atomic E-state index is 13.1. The smallest absolute Gasteiger partial charge is 0.281 e. The van der Waals surface area contributed by atoms with E-state index in [1.807, 2.05) is 0 Å². The number of hydrogen-bond donors (Lipinski definition) is 2. The van der Waals surface area contributed by atoms with Gasteiger partial charge in [0.05, 0.1) is 16.6 Å². The maximum Gasteiger partial charge on any atom is 0.417 e. The molecule has 7 heteroatoms. The minimum absolute atomic E-state index is 0.108. The van der Waals surface area contributed by atoms with Crippen LogP contribution in [0.4, 0.5) is 13.2 Å². The second-order valence-electron chi connectivity index (χ2n) is 4.22. The number of benzene rings is 1. The lowest BCUT2D eigenvalue weighted by Gasteiger charge is -2.09. The Hall–Kier alpha value is -2.57. The summed E-state index contributed by atoms with van der Waals surface area (Å²) in [6.45, 7) is 0. The fourth-order valence-electron chi connectivity index (χ4n) is 2.02. The number of halogens is 3. The third-order valence-corrected chi connectivity index (χ3v) is 2.92. The predicted molar refractivity (Wildman–Crippen MR) is 67.2 cm³/mol. The first kappa shape index (κ1) is 12.5. The first-order valence-electron chi connectivity index (χ1n) is 5.71. The fourth-order valence-corrected chi connectivity index (χ4v) is 2.02. The molecule has 102 valence electrons. The number of hydrogen-bond acceptors (Lipinski definition) is 2. The largest absolute Gasteiger partial charge is 0.417 e. The number of aromatic nitrogens is 3. The molecule has 4 nitrogen and oxygen atoms in total. The van der Waals surface area contributed by atoms with Gasteiger partial charge in [-0.05, 0) is 6.07 Å². The van der Waals surface area contributed by atoms with Crippen LogP contribution in [0, 0.1) is 0 Å². The van der Waals surface area contributed by atoms with Crippen LogP contribution in [0.2, 0.25) is 0 Å². The van der Waals surface area contributed by atoms with Crippen LogP contribution in [0.1, 0.15) is 5.56 Å². The van der Waals surface area contributed by atoms with Crippen molar-refractivity contribution in [2.45, 2.75) is 6.18 Å². The number of rotatable bonds is 1. The van der Waals surface area contributed by atoms with Gasteiger partial charge in [0.1, 0.15) is 0 Å². The second kappa shape index (κ2) is 4.22. The van der Waals surface area contributed by atoms with E-state index in [1.54, 1.807) is 30.3 Å². The van der Waals surface area contributed by atoms with Gasteiger partial charge >= 0.3 is 6.18 Å². The number of aromatic amines is 2. The predicted octanol–water partition coefficient (Wildman–Crippen LogP) is 2.94. The van der Waals surface area contributed by atoms with Gasteiger partial charge in [-0.1, -0.05) is 30.3 Å². The maximum atomic E-state index is 13.1. The van der Waals surface area contributed by atoms with Crippen LogP contribution < -0.4 is 5.56 Å². The first-order valence-corrected chi connectivity index (χ1v) is 5.71. The van der Waals surface area contributed by atoms with Gasteiger partial charge in [0.25, 0.3) is 5.56 Å². The summed E-state index contributed by atoms with van der Waals surface area (Å²) in [7, 11) is 0. The molecule has 0 aliphatic carbocycles. The molecule has 3 aromatic rings. The molecule has 0 radical (unpaired) electrons. The summed E-state index contributed by atoms with van der Waals surface area (Å²) in [5.74, 6) is 0. The van der Waals surface area contributed by atoms with E-state index >= 15 is 0 Å². The molecule has 0 amide bonds. The van der Waals surface area contributed by atoms with Crippen molar-refractivity contribution in [2.75, 3.05) is 0 Å². The number of nitrogens with zero attached hydrogens (tertiary/aromatic N) is 1. The Morgan fingerprint density at radius 3 is 2.40 bits per heavy atom. The highest BCUT2D eigenvalue weighted by molar-refractivity contribution is 5.82. The molecular formula is C13H8F3N3O. The molecule has 0 spiro atoms. The molecule has 0 saturated carbocycles. The van der Waals surface area contributed by atoms with Crippen LogP contribution in [0.3, 0.4) is 0 Å². The van der Waals surface area contributed by atoms with E-state index in [2.05, 4.69) is 15.2 Å². The van der Waals surface area contributed by atoms with E-state index < -0.39 is 22.7 Å². The van der Waals surface area contributed by atoms with Crippen molar-refractivity contribution in [1.29, 1.82) is 0 Å². The number of pyridine rings is 1. The lowest BCUT2D eigenvalue weighted by atomic mass is 10.1. The van der Waals surface area contributed by atoms with Gasteiger partial charge in [0, 0.05) is 5.56 Å². The van der Waals surface area contributed by atoms with Crippen LogP contribution in [-0.2, 0) is 6.18 Å². The Labute approximate surface area is 110 Å². The Morgan fingerprint density at radius 1 is 1.05 bits per heavy atom. The zero-order valence-corrected chi connectivity index (χ0v) is 9.95. The number of H-pyrrole nitrogens is 2. The van der Waals surface area contributed by atoms with Crippen molar-refractivity contribution in [3.05, 3.63) is 52.3 Å². The lowest BCUT2D eigenvalue weighted by molar-refractivity contribution is -0.136. The summed E-state index contributed by atoms with van der Waals surface area (Å²) in [4.78, 5) is 15.5. The summed E-state index contributed by atoms with van der Waals surface area (Å²) in [6, 6.07) is 9.35. The van der Waals surface area contributed by atoms with Gasteiger partial charge in [-0.25, -0.2) is 4.98 Å². The van der Waals surface area contributed by atoms with Crippen LogP contribution in [0.5, 0.6) is 0 Å². The molecule has 2 N–H and O–H groups in total. The highest BCUT2D eigenvalue weighted by atomic mass is 19.4. The second-order valence-corrected chi connectivity index (χ2v) is 4.22. The Bertz CT molecular complexity index is 818. The van der Waals surface area contributed by atoms with Gasteiger partial charge in [-0.3, -0.25) is 15.0 Å². The van der Waals surface area contributed by atoms with E-state index in [0.717, 1.165) is 6.07 Å². The molecule has 0 aliphatic heterocycles. The van der Waals surface area contributed by atoms with Crippen molar-refractivity contribution in [1.82, 2.24) is 15.2 Å². The molecule has 20 heavy (non-hydrogen) atoms. The van der Waals surface area contributed by atoms with E-state index in [9.17, 15) is 18.0 Å². The molecule has 2 aromatic heterocycles. The summed E-state index contributed by atoms with van der Waals surface area (Å²) in [5.41, 5.74) is -1.24. The van der Waals surface area contributed by atoms with Crippen molar-refractivity contribution in [3.8, 4) is 11.3 Å².